The first-order valence-electron chi connectivity index (χ1n) is 11.2. The van der Waals surface area contributed by atoms with Crippen molar-refractivity contribution in [2.75, 3.05) is 6.54 Å². The fourth-order valence-electron chi connectivity index (χ4n) is 3.48. The molecule has 0 aliphatic carbocycles. The van der Waals surface area contributed by atoms with E-state index in [1.165, 1.54) is 70.6 Å². The number of unbranched alkanes of at least 4 members (excludes halogenated alkanes) is 11. The van der Waals surface area contributed by atoms with E-state index in [1.54, 1.807) is 6.92 Å². The highest BCUT2D eigenvalue weighted by molar-refractivity contribution is 9.10. The second kappa shape index (κ2) is 15.8. The van der Waals surface area contributed by atoms with E-state index in [-0.39, 0.29) is 5.91 Å². The van der Waals surface area contributed by atoms with E-state index in [0.29, 0.717) is 12.1 Å². The van der Waals surface area contributed by atoms with Crippen LogP contribution in [0.5, 0.6) is 0 Å². The van der Waals surface area contributed by atoms with Crippen molar-refractivity contribution in [3.05, 3.63) is 46.5 Å². The van der Waals surface area contributed by atoms with E-state index < -0.39 is 0 Å². The highest BCUT2D eigenvalue weighted by Gasteiger charge is 2.14. The average molecular weight is 451 g/mol. The predicted octanol–water partition coefficient (Wildman–Crippen LogP) is 8.05. The smallest absolute Gasteiger partial charge is 0.249 e. The Labute approximate surface area is 181 Å². The number of hydrogen-bond donors (Lipinski definition) is 0. The van der Waals surface area contributed by atoms with Gasteiger partial charge in [-0.2, -0.15) is 0 Å². The first-order valence-corrected chi connectivity index (χ1v) is 12.0. The summed E-state index contributed by atoms with van der Waals surface area (Å²) in [6.45, 7) is 9.40. The first kappa shape index (κ1) is 24.9. The molecule has 158 valence electrons. The van der Waals surface area contributed by atoms with Crippen molar-refractivity contribution in [2.24, 2.45) is 0 Å². The summed E-state index contributed by atoms with van der Waals surface area (Å²) >= 11 is 3.46. The molecule has 1 aromatic carbocycles. The molecule has 0 aliphatic heterocycles. The van der Waals surface area contributed by atoms with E-state index in [1.807, 2.05) is 17.0 Å². The zero-order valence-electron chi connectivity index (χ0n) is 18.1. The molecule has 0 aliphatic rings. The predicted molar refractivity (Wildman–Crippen MR) is 125 cm³/mol. The Bertz CT molecular complexity index is 552. The Morgan fingerprint density at radius 1 is 0.857 bits per heavy atom. The molecule has 1 amide bonds. The van der Waals surface area contributed by atoms with Gasteiger partial charge < -0.3 is 4.90 Å². The molecule has 0 radical (unpaired) electrons. The van der Waals surface area contributed by atoms with Crippen LogP contribution in [0.3, 0.4) is 0 Å². The molecule has 0 unspecified atom stereocenters. The summed E-state index contributed by atoms with van der Waals surface area (Å²) in [4.78, 5) is 14.4. The monoisotopic (exact) mass is 449 g/mol. The van der Waals surface area contributed by atoms with Gasteiger partial charge in [0.25, 0.3) is 0 Å². The first-order chi connectivity index (χ1) is 13.5. The van der Waals surface area contributed by atoms with Crippen molar-refractivity contribution >= 4 is 21.8 Å². The molecule has 0 saturated carbocycles. The molecule has 0 saturated heterocycles. The summed E-state index contributed by atoms with van der Waals surface area (Å²) < 4.78 is 1.06. The fraction of sp³-hybridized carbons (Fsp3) is 0.640. The Morgan fingerprint density at radius 3 is 1.79 bits per heavy atom. The minimum atomic E-state index is 0.0750. The van der Waals surface area contributed by atoms with E-state index in [2.05, 4.69) is 41.6 Å². The van der Waals surface area contributed by atoms with Crippen molar-refractivity contribution in [1.82, 2.24) is 4.90 Å². The van der Waals surface area contributed by atoms with Crippen molar-refractivity contribution in [3.8, 4) is 0 Å². The van der Waals surface area contributed by atoms with E-state index in [4.69, 9.17) is 0 Å². The van der Waals surface area contributed by atoms with Crippen LogP contribution in [0.2, 0.25) is 0 Å². The fourth-order valence-corrected chi connectivity index (χ4v) is 3.74. The normalized spacial score (nSPS) is 10.8. The molecule has 1 rings (SSSR count). The summed E-state index contributed by atoms with van der Waals surface area (Å²) in [5, 5.41) is 0. The van der Waals surface area contributed by atoms with Gasteiger partial charge >= 0.3 is 0 Å². The van der Waals surface area contributed by atoms with Crippen LogP contribution in [0.1, 0.15) is 96.5 Å². The molecule has 0 fully saturated rings. The van der Waals surface area contributed by atoms with Gasteiger partial charge in [0.2, 0.25) is 5.91 Å². The third-order valence-corrected chi connectivity index (χ3v) is 5.75. The van der Waals surface area contributed by atoms with Crippen LogP contribution in [-0.4, -0.2) is 17.4 Å². The van der Waals surface area contributed by atoms with Gasteiger partial charge in [-0.15, -0.1) is 0 Å². The van der Waals surface area contributed by atoms with Gasteiger partial charge in [-0.25, -0.2) is 0 Å². The van der Waals surface area contributed by atoms with Gasteiger partial charge in [0.05, 0.1) is 0 Å². The van der Waals surface area contributed by atoms with Crippen LogP contribution in [0, 0.1) is 0 Å². The van der Waals surface area contributed by atoms with Gasteiger partial charge in [-0.3, -0.25) is 4.79 Å². The molecule has 0 bridgehead atoms. The topological polar surface area (TPSA) is 20.3 Å². The van der Waals surface area contributed by atoms with Crippen LogP contribution in [-0.2, 0) is 11.3 Å². The van der Waals surface area contributed by atoms with Gasteiger partial charge in [0.15, 0.2) is 0 Å². The molecule has 2 nitrogen and oxygen atoms in total. The standard InChI is InChI=1S/C25H40BrNO/c1-4-5-6-7-8-9-10-11-12-13-14-15-20-27(25(28)22(2)3)21-23-16-18-24(26)19-17-23/h16-19H,2,4-15,20-21H2,1,3H3. The van der Waals surface area contributed by atoms with Crippen LogP contribution in [0.4, 0.5) is 0 Å². The van der Waals surface area contributed by atoms with Gasteiger partial charge in [-0.1, -0.05) is 112 Å². The summed E-state index contributed by atoms with van der Waals surface area (Å²) in [5.74, 6) is 0.0750. The summed E-state index contributed by atoms with van der Waals surface area (Å²) in [6, 6.07) is 8.21. The number of carbonyl (C=O) groups excluding carboxylic acids is 1. The van der Waals surface area contributed by atoms with Gasteiger partial charge in [0.1, 0.15) is 0 Å². The zero-order chi connectivity index (χ0) is 20.6. The molecule has 28 heavy (non-hydrogen) atoms. The Morgan fingerprint density at radius 2 is 1.32 bits per heavy atom. The molecule has 3 heteroatoms. The molecule has 1 aromatic rings. The van der Waals surface area contributed by atoms with Gasteiger partial charge in [-0.05, 0) is 31.0 Å². The lowest BCUT2D eigenvalue weighted by Gasteiger charge is -2.23. The van der Waals surface area contributed by atoms with Crippen molar-refractivity contribution in [3.63, 3.8) is 0 Å². The summed E-state index contributed by atoms with van der Waals surface area (Å²) in [5.41, 5.74) is 1.78. The van der Waals surface area contributed by atoms with Crippen molar-refractivity contribution < 1.29 is 4.79 Å². The summed E-state index contributed by atoms with van der Waals surface area (Å²) in [6.07, 6.45) is 16.0. The Hall–Kier alpha value is -1.09. The number of hydrogen-bond acceptors (Lipinski definition) is 1. The number of carbonyl (C=O) groups is 1. The second-order valence-corrected chi connectivity index (χ2v) is 8.94. The Kier molecular flexibility index (Phi) is 14.1. The highest BCUT2D eigenvalue weighted by Crippen LogP contribution is 2.15. The average Bonchev–Trinajstić information content (AvgIpc) is 2.68. The third kappa shape index (κ3) is 11.7. The lowest BCUT2D eigenvalue weighted by molar-refractivity contribution is -0.127. The minimum Gasteiger partial charge on any atom is -0.335 e. The molecule has 0 aromatic heterocycles. The largest absolute Gasteiger partial charge is 0.335 e. The van der Waals surface area contributed by atoms with Crippen molar-refractivity contribution in [1.29, 1.82) is 0 Å². The highest BCUT2D eigenvalue weighted by atomic mass is 79.9. The minimum absolute atomic E-state index is 0.0750. The van der Waals surface area contributed by atoms with E-state index in [9.17, 15) is 4.79 Å². The SMILES string of the molecule is C=C(C)C(=O)N(CCCCCCCCCCCCCC)Cc1ccc(Br)cc1. The lowest BCUT2D eigenvalue weighted by Crippen LogP contribution is -2.31. The number of amides is 1. The zero-order valence-corrected chi connectivity index (χ0v) is 19.7. The maximum Gasteiger partial charge on any atom is 0.249 e. The molecular weight excluding hydrogens is 410 g/mol. The van der Waals surface area contributed by atoms with E-state index in [0.717, 1.165) is 23.0 Å². The maximum absolute atomic E-state index is 12.5. The van der Waals surface area contributed by atoms with Crippen LogP contribution < -0.4 is 0 Å². The van der Waals surface area contributed by atoms with Crippen LogP contribution >= 0.6 is 15.9 Å². The third-order valence-electron chi connectivity index (χ3n) is 5.22. The second-order valence-electron chi connectivity index (χ2n) is 8.02. The Balaban J connectivity index is 2.18. The number of nitrogens with zero attached hydrogens (tertiary/aromatic N) is 1. The molecular formula is C25H40BrNO. The van der Waals surface area contributed by atoms with E-state index >= 15 is 0 Å². The van der Waals surface area contributed by atoms with Crippen LogP contribution in [0.15, 0.2) is 40.9 Å². The number of halogens is 1. The number of benzene rings is 1. The molecule has 0 atom stereocenters. The maximum atomic E-state index is 12.5. The van der Waals surface area contributed by atoms with Gasteiger partial charge in [0, 0.05) is 23.1 Å². The lowest BCUT2D eigenvalue weighted by atomic mass is 10.1. The molecule has 0 heterocycles. The molecule has 0 N–H and O–H groups in total. The summed E-state index contributed by atoms with van der Waals surface area (Å²) in [7, 11) is 0. The quantitative estimate of drug-likeness (QED) is 0.184. The molecule has 0 spiro atoms. The van der Waals surface area contributed by atoms with Crippen molar-refractivity contribution in [2.45, 2.75) is 97.4 Å². The number of rotatable bonds is 16. The van der Waals surface area contributed by atoms with Crippen LogP contribution in [0.25, 0.3) is 0 Å².